The van der Waals surface area contributed by atoms with Gasteiger partial charge < -0.3 is 5.11 Å². The molecule has 0 heterocycles. The molecule has 7 heteroatoms. The lowest BCUT2D eigenvalue weighted by Gasteiger charge is -2.15. The Morgan fingerprint density at radius 3 is 2.35 bits per heavy atom. The zero-order valence-corrected chi connectivity index (χ0v) is 9.67. The van der Waals surface area contributed by atoms with E-state index in [9.17, 15) is 22.0 Å². The van der Waals surface area contributed by atoms with E-state index in [1.54, 1.807) is 0 Å². The molecule has 0 radical (unpaired) electrons. The summed E-state index contributed by atoms with van der Waals surface area (Å²) in [6, 6.07) is 4.21. The molecule has 0 aliphatic carbocycles. The minimum atomic E-state index is -4.22. The van der Waals surface area contributed by atoms with Crippen LogP contribution in [0.4, 0.5) is 8.78 Å². The summed E-state index contributed by atoms with van der Waals surface area (Å²) in [4.78, 5) is 9.80. The number of sulfone groups is 1. The summed E-state index contributed by atoms with van der Waals surface area (Å²) in [6.45, 7) is 1.30. The van der Waals surface area contributed by atoms with E-state index in [-0.39, 0.29) is 5.75 Å². The molecule has 0 atom stereocenters. The second-order valence-electron chi connectivity index (χ2n) is 3.28. The minimum absolute atomic E-state index is 0.375. The Kier molecular flexibility index (Phi) is 3.51. The fraction of sp³-hybridized carbons (Fsp3) is 0.300. The van der Waals surface area contributed by atoms with Gasteiger partial charge in [0.1, 0.15) is 0 Å². The Hall–Kier alpha value is -1.50. The first-order valence-corrected chi connectivity index (χ1v) is 6.32. The Morgan fingerprint density at radius 1 is 1.35 bits per heavy atom. The molecule has 0 fully saturated rings. The first-order valence-electron chi connectivity index (χ1n) is 4.67. The molecule has 0 aliphatic rings. The topological polar surface area (TPSA) is 71.4 Å². The zero-order valence-electron chi connectivity index (χ0n) is 8.85. The summed E-state index contributed by atoms with van der Waals surface area (Å²) in [6.07, 6.45) is 0. The molecule has 0 aliphatic heterocycles. The van der Waals surface area contributed by atoms with Gasteiger partial charge in [0.15, 0.2) is 9.84 Å². The molecule has 0 spiro atoms. The predicted octanol–water partition coefficient (Wildman–Crippen LogP) is 1.66. The number of hydrogen-bond acceptors (Lipinski definition) is 3. The Balaban J connectivity index is 3.53. The van der Waals surface area contributed by atoms with E-state index in [0.717, 1.165) is 12.1 Å². The number of carboxylic acid groups (broad SMARTS) is 1. The van der Waals surface area contributed by atoms with Crippen LogP contribution >= 0.6 is 0 Å². The molecular formula is C10H10F2O4S. The van der Waals surface area contributed by atoms with Crippen molar-refractivity contribution in [3.05, 3.63) is 29.8 Å². The van der Waals surface area contributed by atoms with E-state index < -0.39 is 32.2 Å². The highest BCUT2D eigenvalue weighted by Gasteiger charge is 2.44. The maximum Gasteiger partial charge on any atom is 0.379 e. The van der Waals surface area contributed by atoms with Gasteiger partial charge in [0.25, 0.3) is 0 Å². The average Bonchev–Trinajstić information content (AvgIpc) is 2.29. The predicted molar refractivity (Wildman–Crippen MR) is 55.7 cm³/mol. The molecule has 1 aromatic rings. The van der Waals surface area contributed by atoms with Crippen molar-refractivity contribution in [3.8, 4) is 0 Å². The number of benzene rings is 1. The second kappa shape index (κ2) is 4.40. The number of alkyl halides is 2. The van der Waals surface area contributed by atoms with Crippen molar-refractivity contribution >= 4 is 15.8 Å². The summed E-state index contributed by atoms with van der Waals surface area (Å²) in [5.74, 6) is -6.98. The summed E-state index contributed by atoms with van der Waals surface area (Å²) < 4.78 is 49.8. The van der Waals surface area contributed by atoms with Gasteiger partial charge in [-0.15, -0.1) is 0 Å². The van der Waals surface area contributed by atoms with Gasteiger partial charge in [-0.1, -0.05) is 25.1 Å². The fourth-order valence-corrected chi connectivity index (χ4v) is 2.40. The molecule has 1 rings (SSSR count). The number of halogens is 2. The minimum Gasteiger partial charge on any atom is -0.477 e. The van der Waals surface area contributed by atoms with Crippen molar-refractivity contribution < 1.29 is 27.1 Å². The van der Waals surface area contributed by atoms with Gasteiger partial charge in [-0.2, -0.15) is 8.78 Å². The number of aliphatic carboxylic acids is 1. The molecule has 4 nitrogen and oxygen atoms in total. The summed E-state index contributed by atoms with van der Waals surface area (Å²) in [5.41, 5.74) is -1.01. The largest absolute Gasteiger partial charge is 0.477 e. The highest BCUT2D eigenvalue weighted by Crippen LogP contribution is 2.33. The lowest BCUT2D eigenvalue weighted by atomic mass is 10.1. The normalized spacial score (nSPS) is 12.4. The van der Waals surface area contributed by atoms with Gasteiger partial charge in [-0.3, -0.25) is 0 Å². The van der Waals surface area contributed by atoms with Crippen LogP contribution in [0.15, 0.2) is 29.2 Å². The van der Waals surface area contributed by atoms with Gasteiger partial charge in [-0.05, 0) is 6.07 Å². The van der Waals surface area contributed by atoms with Gasteiger partial charge in [0, 0.05) is 0 Å². The molecule has 0 aromatic heterocycles. The first-order chi connectivity index (χ1) is 7.73. The van der Waals surface area contributed by atoms with E-state index in [2.05, 4.69) is 0 Å². The molecule has 0 saturated carbocycles. The summed E-state index contributed by atoms with van der Waals surface area (Å²) in [7, 11) is -3.89. The molecule has 94 valence electrons. The van der Waals surface area contributed by atoms with Crippen LogP contribution in [0.2, 0.25) is 0 Å². The number of rotatable bonds is 4. The van der Waals surface area contributed by atoms with Crippen LogP contribution in [0.1, 0.15) is 12.5 Å². The quantitative estimate of drug-likeness (QED) is 0.897. The van der Waals surface area contributed by atoms with Crippen LogP contribution in [0.3, 0.4) is 0 Å². The van der Waals surface area contributed by atoms with Gasteiger partial charge >= 0.3 is 11.9 Å². The molecular weight excluding hydrogens is 254 g/mol. The second-order valence-corrected chi connectivity index (χ2v) is 5.53. The summed E-state index contributed by atoms with van der Waals surface area (Å²) >= 11 is 0. The van der Waals surface area contributed by atoms with Crippen molar-refractivity contribution in [2.75, 3.05) is 5.75 Å². The molecule has 17 heavy (non-hydrogen) atoms. The first kappa shape index (κ1) is 13.6. The van der Waals surface area contributed by atoms with Gasteiger partial charge in [0.2, 0.25) is 0 Å². The highest BCUT2D eigenvalue weighted by molar-refractivity contribution is 7.91. The van der Waals surface area contributed by atoms with E-state index in [1.807, 2.05) is 0 Å². The molecule has 0 unspecified atom stereocenters. The van der Waals surface area contributed by atoms with Crippen molar-refractivity contribution in [2.24, 2.45) is 0 Å². The van der Waals surface area contributed by atoms with E-state index in [0.29, 0.717) is 0 Å². The number of carboxylic acids is 1. The van der Waals surface area contributed by atoms with Crippen molar-refractivity contribution in [1.29, 1.82) is 0 Å². The van der Waals surface area contributed by atoms with Crippen molar-refractivity contribution in [1.82, 2.24) is 0 Å². The van der Waals surface area contributed by atoms with Crippen molar-refractivity contribution in [3.63, 3.8) is 0 Å². The molecule has 0 amide bonds. The SMILES string of the molecule is CCS(=O)(=O)c1ccccc1C(F)(F)C(=O)O. The molecule has 1 N–H and O–H groups in total. The molecule has 0 saturated heterocycles. The maximum absolute atomic E-state index is 13.3. The summed E-state index contributed by atoms with van der Waals surface area (Å²) in [5, 5.41) is 8.41. The van der Waals surface area contributed by atoms with Crippen LogP contribution in [-0.4, -0.2) is 25.2 Å². The third kappa shape index (κ3) is 2.44. The Bertz CT molecular complexity index is 537. The van der Waals surface area contributed by atoms with E-state index in [1.165, 1.54) is 19.1 Å². The Labute approximate surface area is 96.8 Å². The highest BCUT2D eigenvalue weighted by atomic mass is 32.2. The van der Waals surface area contributed by atoms with Crippen LogP contribution in [-0.2, 0) is 20.6 Å². The maximum atomic E-state index is 13.3. The smallest absolute Gasteiger partial charge is 0.379 e. The van der Waals surface area contributed by atoms with Crippen LogP contribution < -0.4 is 0 Å². The van der Waals surface area contributed by atoms with E-state index >= 15 is 0 Å². The fourth-order valence-electron chi connectivity index (χ4n) is 1.27. The average molecular weight is 264 g/mol. The van der Waals surface area contributed by atoms with E-state index in [4.69, 9.17) is 5.11 Å². The number of carbonyl (C=O) groups is 1. The van der Waals surface area contributed by atoms with Crippen LogP contribution in [0, 0.1) is 0 Å². The Morgan fingerprint density at radius 2 is 1.88 bits per heavy atom. The lowest BCUT2D eigenvalue weighted by molar-refractivity contribution is -0.166. The van der Waals surface area contributed by atoms with Crippen LogP contribution in [0.5, 0.6) is 0 Å². The molecule has 0 bridgehead atoms. The zero-order chi connectivity index (χ0) is 13.3. The number of hydrogen-bond donors (Lipinski definition) is 1. The standard InChI is InChI=1S/C10H10F2O4S/c1-2-17(15,16)8-6-4-3-5-7(8)10(11,12)9(13)14/h3-6H,2H2,1H3,(H,13,14). The van der Waals surface area contributed by atoms with Gasteiger partial charge in [0.05, 0.1) is 16.2 Å². The molecule has 1 aromatic carbocycles. The lowest BCUT2D eigenvalue weighted by Crippen LogP contribution is -2.27. The third-order valence-corrected chi connectivity index (χ3v) is 4.00. The van der Waals surface area contributed by atoms with Crippen molar-refractivity contribution in [2.45, 2.75) is 17.7 Å². The third-order valence-electron chi connectivity index (χ3n) is 2.21. The van der Waals surface area contributed by atoms with Gasteiger partial charge in [-0.25, -0.2) is 13.2 Å². The monoisotopic (exact) mass is 264 g/mol. The van der Waals surface area contributed by atoms with Crippen LogP contribution in [0.25, 0.3) is 0 Å².